The fraction of sp³-hybridized carbons (Fsp3) is 0.421. The average molecular weight is 359 g/mol. The van der Waals surface area contributed by atoms with Gasteiger partial charge in [-0.15, -0.1) is 11.3 Å². The minimum Gasteiger partial charge on any atom is -0.466 e. The lowest BCUT2D eigenvalue weighted by Gasteiger charge is -2.15. The van der Waals surface area contributed by atoms with Gasteiger partial charge < -0.3 is 4.74 Å². The van der Waals surface area contributed by atoms with E-state index in [0.29, 0.717) is 17.4 Å². The van der Waals surface area contributed by atoms with E-state index in [1.165, 1.54) is 39.2 Å². The Balaban J connectivity index is 2.10. The maximum absolute atomic E-state index is 11.5. The molecule has 5 nitrogen and oxygen atoms in total. The summed E-state index contributed by atoms with van der Waals surface area (Å²) in [6.45, 7) is 12.9. The molecule has 1 N–H and O–H groups in total. The lowest BCUT2D eigenvalue weighted by molar-refractivity contribution is -0.142. The first-order valence-corrected chi connectivity index (χ1v) is 9.19. The molecule has 0 aliphatic carbocycles. The topological polar surface area (TPSA) is 63.6 Å². The monoisotopic (exact) mass is 359 g/mol. The molecule has 0 amide bonds. The van der Waals surface area contributed by atoms with E-state index in [0.717, 1.165) is 5.56 Å². The van der Waals surface area contributed by atoms with E-state index in [1.54, 1.807) is 6.92 Å². The number of nitrogens with zero attached hydrogens (tertiary/aromatic N) is 2. The molecule has 134 valence electrons. The first kappa shape index (κ1) is 19.1. The molecule has 0 radical (unpaired) electrons. The van der Waals surface area contributed by atoms with Crippen molar-refractivity contribution in [1.29, 1.82) is 0 Å². The number of hydrogen-bond acceptors (Lipinski definition) is 6. The van der Waals surface area contributed by atoms with Crippen molar-refractivity contribution >= 4 is 28.7 Å². The summed E-state index contributed by atoms with van der Waals surface area (Å²) in [4.78, 5) is 15.8. The SMILES string of the molecule is CCOC(=O)Cc1csc(NN=Cc2c(C)c(C)c(C)c(C)c2C)n1. The molecule has 1 aromatic carbocycles. The molecule has 0 aliphatic rings. The van der Waals surface area contributed by atoms with Crippen molar-refractivity contribution in [1.82, 2.24) is 4.98 Å². The Morgan fingerprint density at radius 3 is 2.36 bits per heavy atom. The lowest BCUT2D eigenvalue weighted by atomic mass is 9.90. The standard InChI is InChI=1S/C19H25N3O2S/c1-7-24-18(23)8-16-10-25-19(21-16)22-20-9-17-14(5)12(3)11(2)13(4)15(17)6/h9-10H,7-8H2,1-6H3,(H,21,22). The summed E-state index contributed by atoms with van der Waals surface area (Å²) in [5.41, 5.74) is 11.2. The molecule has 0 unspecified atom stereocenters. The van der Waals surface area contributed by atoms with Crippen LogP contribution in [-0.4, -0.2) is 23.8 Å². The maximum atomic E-state index is 11.5. The Labute approximate surface area is 153 Å². The van der Waals surface area contributed by atoms with E-state index in [9.17, 15) is 4.79 Å². The molecule has 1 heterocycles. The first-order valence-electron chi connectivity index (χ1n) is 8.31. The second-order valence-corrected chi connectivity index (χ2v) is 6.89. The molecule has 0 fully saturated rings. The van der Waals surface area contributed by atoms with Gasteiger partial charge in [0.1, 0.15) is 0 Å². The number of hydrogen-bond donors (Lipinski definition) is 1. The van der Waals surface area contributed by atoms with Gasteiger partial charge >= 0.3 is 5.97 Å². The largest absolute Gasteiger partial charge is 0.466 e. The summed E-state index contributed by atoms with van der Waals surface area (Å²) in [6, 6.07) is 0. The molecule has 2 aromatic rings. The smallest absolute Gasteiger partial charge is 0.311 e. The Bertz CT molecular complexity index is 780. The Morgan fingerprint density at radius 2 is 1.76 bits per heavy atom. The van der Waals surface area contributed by atoms with Gasteiger partial charge in [0, 0.05) is 10.9 Å². The number of carbonyl (C=O) groups excluding carboxylic acids is 1. The molecule has 0 atom stereocenters. The number of thiazole rings is 1. The maximum Gasteiger partial charge on any atom is 0.311 e. The number of rotatable bonds is 6. The molecule has 25 heavy (non-hydrogen) atoms. The van der Waals surface area contributed by atoms with Crippen molar-refractivity contribution in [2.75, 3.05) is 12.0 Å². The third-order valence-corrected chi connectivity index (χ3v) is 5.39. The summed E-state index contributed by atoms with van der Waals surface area (Å²) in [5.74, 6) is -0.264. The molecule has 6 heteroatoms. The van der Waals surface area contributed by atoms with E-state index in [1.807, 2.05) is 11.6 Å². The van der Waals surface area contributed by atoms with Crippen molar-refractivity contribution in [3.8, 4) is 0 Å². The molecule has 0 aliphatic heterocycles. The van der Waals surface area contributed by atoms with Gasteiger partial charge in [0.25, 0.3) is 0 Å². The van der Waals surface area contributed by atoms with Crippen LogP contribution in [0.5, 0.6) is 0 Å². The van der Waals surface area contributed by atoms with Crippen LogP contribution in [0.15, 0.2) is 10.5 Å². The number of carbonyl (C=O) groups is 1. The third-order valence-electron chi connectivity index (χ3n) is 4.59. The number of ether oxygens (including phenoxy) is 1. The Hall–Kier alpha value is -2.21. The zero-order valence-corrected chi connectivity index (χ0v) is 16.5. The third kappa shape index (κ3) is 4.45. The molecular formula is C19H25N3O2S. The second kappa shape index (κ2) is 8.25. The lowest BCUT2D eigenvalue weighted by Crippen LogP contribution is -2.07. The fourth-order valence-electron chi connectivity index (χ4n) is 2.67. The summed E-state index contributed by atoms with van der Waals surface area (Å²) >= 11 is 1.42. The van der Waals surface area contributed by atoms with Crippen LogP contribution in [-0.2, 0) is 16.0 Å². The van der Waals surface area contributed by atoms with Crippen molar-refractivity contribution < 1.29 is 9.53 Å². The minimum atomic E-state index is -0.264. The van der Waals surface area contributed by atoms with Gasteiger partial charge in [-0.2, -0.15) is 5.10 Å². The zero-order valence-electron chi connectivity index (χ0n) is 15.7. The van der Waals surface area contributed by atoms with Gasteiger partial charge in [0.2, 0.25) is 5.13 Å². The van der Waals surface area contributed by atoms with Crippen molar-refractivity contribution in [2.45, 2.75) is 48.0 Å². The van der Waals surface area contributed by atoms with Crippen LogP contribution in [0.25, 0.3) is 0 Å². The Kier molecular flexibility index (Phi) is 6.31. The molecule has 2 rings (SSSR count). The highest BCUT2D eigenvalue weighted by Crippen LogP contribution is 2.25. The molecular weight excluding hydrogens is 334 g/mol. The highest BCUT2D eigenvalue weighted by atomic mass is 32.1. The number of benzene rings is 1. The molecule has 0 spiro atoms. The quantitative estimate of drug-likeness (QED) is 0.476. The number of aromatic nitrogens is 1. The number of nitrogens with one attached hydrogen (secondary N) is 1. The van der Waals surface area contributed by atoms with Gasteiger partial charge in [-0.3, -0.25) is 10.2 Å². The summed E-state index contributed by atoms with van der Waals surface area (Å²) in [6.07, 6.45) is 2.03. The van der Waals surface area contributed by atoms with E-state index in [-0.39, 0.29) is 12.4 Å². The van der Waals surface area contributed by atoms with Gasteiger partial charge in [0.15, 0.2) is 0 Å². The normalized spacial score (nSPS) is 11.1. The molecule has 0 saturated carbocycles. The fourth-order valence-corrected chi connectivity index (χ4v) is 3.33. The minimum absolute atomic E-state index is 0.185. The number of esters is 1. The van der Waals surface area contributed by atoms with Gasteiger partial charge in [0.05, 0.1) is 24.9 Å². The van der Waals surface area contributed by atoms with Crippen LogP contribution in [0, 0.1) is 34.6 Å². The van der Waals surface area contributed by atoms with E-state index in [2.05, 4.69) is 50.1 Å². The van der Waals surface area contributed by atoms with Crippen molar-refractivity contribution in [3.05, 3.63) is 44.5 Å². The van der Waals surface area contributed by atoms with Crippen molar-refractivity contribution in [3.63, 3.8) is 0 Å². The van der Waals surface area contributed by atoms with Crippen LogP contribution in [0.4, 0.5) is 5.13 Å². The van der Waals surface area contributed by atoms with Gasteiger partial charge in [-0.25, -0.2) is 4.98 Å². The van der Waals surface area contributed by atoms with Gasteiger partial charge in [-0.1, -0.05) is 0 Å². The van der Waals surface area contributed by atoms with Crippen LogP contribution >= 0.6 is 11.3 Å². The summed E-state index contributed by atoms with van der Waals surface area (Å²) < 4.78 is 4.93. The first-order chi connectivity index (χ1) is 11.8. The van der Waals surface area contributed by atoms with E-state index >= 15 is 0 Å². The van der Waals surface area contributed by atoms with Crippen LogP contribution in [0.2, 0.25) is 0 Å². The second-order valence-electron chi connectivity index (χ2n) is 6.03. The highest BCUT2D eigenvalue weighted by Gasteiger charge is 2.11. The summed E-state index contributed by atoms with van der Waals surface area (Å²) in [7, 11) is 0. The highest BCUT2D eigenvalue weighted by molar-refractivity contribution is 7.13. The van der Waals surface area contributed by atoms with E-state index in [4.69, 9.17) is 4.74 Å². The Morgan fingerprint density at radius 1 is 1.16 bits per heavy atom. The van der Waals surface area contributed by atoms with Gasteiger partial charge in [-0.05, 0) is 69.4 Å². The predicted molar refractivity (Wildman–Crippen MR) is 104 cm³/mol. The van der Waals surface area contributed by atoms with Crippen molar-refractivity contribution in [2.24, 2.45) is 5.10 Å². The zero-order chi connectivity index (χ0) is 18.6. The van der Waals surface area contributed by atoms with Crippen LogP contribution in [0.3, 0.4) is 0 Å². The summed E-state index contributed by atoms with van der Waals surface area (Å²) in [5, 5.41) is 6.83. The molecule has 0 bridgehead atoms. The van der Waals surface area contributed by atoms with E-state index < -0.39 is 0 Å². The predicted octanol–water partition coefficient (Wildman–Crippen LogP) is 4.24. The van der Waals surface area contributed by atoms with Crippen LogP contribution < -0.4 is 5.43 Å². The van der Waals surface area contributed by atoms with Crippen LogP contribution in [0.1, 0.15) is 46.0 Å². The average Bonchev–Trinajstić information content (AvgIpc) is 3.01. The molecule has 0 saturated heterocycles. The number of anilines is 1. The molecule has 1 aromatic heterocycles. The number of hydrazone groups is 1.